The van der Waals surface area contributed by atoms with Gasteiger partial charge in [-0.3, -0.25) is 10.2 Å². The van der Waals surface area contributed by atoms with E-state index in [9.17, 15) is 9.59 Å². The first-order valence-corrected chi connectivity index (χ1v) is 8.03. The standard InChI is InChI=1S/C19H16N2O4/c1-2-24-18(23)19(14-10-6-5-9-13(14)17(22)21-19)15-11-7-3-4-8-12(11)16(20)25-15/h3-10,15,20H,2H2,1H3,(H,21,22)/t15-,19-/m1/s1. The van der Waals surface area contributed by atoms with E-state index < -0.39 is 17.6 Å². The fourth-order valence-corrected chi connectivity index (χ4v) is 3.56. The molecular formula is C19H16N2O4. The van der Waals surface area contributed by atoms with E-state index in [-0.39, 0.29) is 18.4 Å². The Morgan fingerprint density at radius 2 is 1.88 bits per heavy atom. The molecule has 2 atom stereocenters. The van der Waals surface area contributed by atoms with E-state index in [0.717, 1.165) is 0 Å². The average molecular weight is 336 g/mol. The number of nitrogens with one attached hydrogen (secondary N) is 2. The Morgan fingerprint density at radius 3 is 2.64 bits per heavy atom. The van der Waals surface area contributed by atoms with Crippen LogP contribution >= 0.6 is 0 Å². The SMILES string of the molecule is CCOC(=O)[C@@]1([C@@H]2OC(=N)c3ccccc32)NC(=O)c2ccccc21. The van der Waals surface area contributed by atoms with Crippen LogP contribution in [0.5, 0.6) is 0 Å². The Hall–Kier alpha value is -3.15. The fraction of sp³-hybridized carbons (Fsp3) is 0.211. The molecule has 0 radical (unpaired) electrons. The summed E-state index contributed by atoms with van der Waals surface area (Å²) in [7, 11) is 0. The van der Waals surface area contributed by atoms with E-state index in [1.54, 1.807) is 49.4 Å². The Balaban J connectivity index is 1.95. The number of carbonyl (C=O) groups excluding carboxylic acids is 2. The van der Waals surface area contributed by atoms with Gasteiger partial charge in [-0.25, -0.2) is 4.79 Å². The van der Waals surface area contributed by atoms with E-state index in [0.29, 0.717) is 22.3 Å². The lowest BCUT2D eigenvalue weighted by atomic mass is 9.81. The zero-order chi connectivity index (χ0) is 17.6. The van der Waals surface area contributed by atoms with Gasteiger partial charge < -0.3 is 14.8 Å². The zero-order valence-electron chi connectivity index (χ0n) is 13.5. The van der Waals surface area contributed by atoms with Crippen molar-refractivity contribution >= 4 is 17.8 Å². The Morgan fingerprint density at radius 1 is 1.20 bits per heavy atom. The molecule has 0 saturated carbocycles. The molecule has 126 valence electrons. The highest BCUT2D eigenvalue weighted by atomic mass is 16.5. The average Bonchev–Trinajstić information content (AvgIpc) is 3.12. The first kappa shape index (κ1) is 15.4. The van der Waals surface area contributed by atoms with Crippen molar-refractivity contribution in [3.63, 3.8) is 0 Å². The van der Waals surface area contributed by atoms with Crippen molar-refractivity contribution in [2.75, 3.05) is 6.61 Å². The predicted octanol–water partition coefficient (Wildman–Crippen LogP) is 2.29. The minimum Gasteiger partial charge on any atom is -0.466 e. The van der Waals surface area contributed by atoms with Crippen LogP contribution in [0.25, 0.3) is 0 Å². The van der Waals surface area contributed by atoms with Crippen molar-refractivity contribution < 1.29 is 19.1 Å². The highest BCUT2D eigenvalue weighted by Crippen LogP contribution is 2.48. The molecule has 6 heteroatoms. The van der Waals surface area contributed by atoms with Crippen LogP contribution in [-0.2, 0) is 19.8 Å². The second-order valence-electron chi connectivity index (χ2n) is 5.94. The van der Waals surface area contributed by atoms with Gasteiger partial charge in [-0.1, -0.05) is 36.4 Å². The lowest BCUT2D eigenvalue weighted by Crippen LogP contribution is -2.52. The third-order valence-electron chi connectivity index (χ3n) is 4.62. The van der Waals surface area contributed by atoms with Crippen LogP contribution in [0.2, 0.25) is 0 Å². The third-order valence-corrected chi connectivity index (χ3v) is 4.62. The monoisotopic (exact) mass is 336 g/mol. The maximum absolute atomic E-state index is 13.0. The summed E-state index contributed by atoms with van der Waals surface area (Å²) in [6, 6.07) is 14.1. The van der Waals surface area contributed by atoms with Crippen molar-refractivity contribution in [3.05, 3.63) is 70.8 Å². The number of amides is 1. The number of fused-ring (bicyclic) bond motifs is 2. The molecule has 0 bridgehead atoms. The lowest BCUT2D eigenvalue weighted by molar-refractivity contribution is -0.156. The van der Waals surface area contributed by atoms with E-state index in [1.165, 1.54) is 0 Å². The normalized spacial score (nSPS) is 23.5. The van der Waals surface area contributed by atoms with Gasteiger partial charge in [-0.05, 0) is 19.1 Å². The molecule has 2 N–H and O–H groups in total. The number of carbonyl (C=O) groups is 2. The molecule has 0 aromatic heterocycles. The summed E-state index contributed by atoms with van der Waals surface area (Å²) in [6.07, 6.45) is -0.858. The van der Waals surface area contributed by atoms with Crippen LogP contribution in [0.15, 0.2) is 48.5 Å². The summed E-state index contributed by atoms with van der Waals surface area (Å²) in [5.41, 5.74) is 0.693. The zero-order valence-corrected chi connectivity index (χ0v) is 13.5. The molecule has 2 heterocycles. The molecule has 2 aromatic carbocycles. The minimum atomic E-state index is -1.51. The van der Waals surface area contributed by atoms with Gasteiger partial charge in [0.15, 0.2) is 6.10 Å². The summed E-state index contributed by atoms with van der Waals surface area (Å²) < 4.78 is 11.1. The van der Waals surface area contributed by atoms with Crippen molar-refractivity contribution in [1.29, 1.82) is 5.41 Å². The molecule has 2 aliphatic heterocycles. The van der Waals surface area contributed by atoms with Gasteiger partial charge in [-0.2, -0.15) is 0 Å². The van der Waals surface area contributed by atoms with Crippen LogP contribution in [0.3, 0.4) is 0 Å². The van der Waals surface area contributed by atoms with Crippen LogP contribution in [0.4, 0.5) is 0 Å². The molecule has 2 aliphatic rings. The molecule has 25 heavy (non-hydrogen) atoms. The number of benzene rings is 2. The van der Waals surface area contributed by atoms with E-state index in [2.05, 4.69) is 5.32 Å². The number of esters is 1. The summed E-state index contributed by atoms with van der Waals surface area (Å²) in [6.45, 7) is 1.88. The largest absolute Gasteiger partial charge is 0.466 e. The molecule has 6 nitrogen and oxygen atoms in total. The molecule has 0 fully saturated rings. The first-order chi connectivity index (χ1) is 12.1. The maximum atomic E-state index is 13.0. The third kappa shape index (κ3) is 2.00. The predicted molar refractivity (Wildman–Crippen MR) is 89.3 cm³/mol. The van der Waals surface area contributed by atoms with Gasteiger partial charge in [0.1, 0.15) is 0 Å². The molecule has 1 amide bonds. The maximum Gasteiger partial charge on any atom is 0.340 e. The summed E-state index contributed by atoms with van der Waals surface area (Å²) in [5.74, 6) is -0.978. The van der Waals surface area contributed by atoms with Crippen molar-refractivity contribution in [1.82, 2.24) is 5.32 Å². The quantitative estimate of drug-likeness (QED) is 0.842. The van der Waals surface area contributed by atoms with Gasteiger partial charge in [-0.15, -0.1) is 0 Å². The molecule has 0 saturated heterocycles. The van der Waals surface area contributed by atoms with Crippen molar-refractivity contribution in [2.45, 2.75) is 18.6 Å². The molecule has 0 unspecified atom stereocenters. The molecule has 2 aromatic rings. The van der Waals surface area contributed by atoms with E-state index >= 15 is 0 Å². The second kappa shape index (κ2) is 5.44. The molecular weight excluding hydrogens is 320 g/mol. The van der Waals surface area contributed by atoms with Crippen LogP contribution in [0.1, 0.15) is 40.1 Å². The number of hydrogen-bond donors (Lipinski definition) is 2. The van der Waals surface area contributed by atoms with Gasteiger partial charge in [0, 0.05) is 22.3 Å². The minimum absolute atomic E-state index is 0.0251. The fourth-order valence-electron chi connectivity index (χ4n) is 3.56. The Kier molecular flexibility index (Phi) is 3.35. The van der Waals surface area contributed by atoms with Crippen LogP contribution in [0, 0.1) is 5.41 Å². The number of hydrogen-bond acceptors (Lipinski definition) is 5. The molecule has 0 spiro atoms. The van der Waals surface area contributed by atoms with Gasteiger partial charge in [0.05, 0.1) is 6.61 Å². The summed E-state index contributed by atoms with van der Waals surface area (Å²) >= 11 is 0. The van der Waals surface area contributed by atoms with Gasteiger partial charge in [0.25, 0.3) is 5.91 Å². The highest BCUT2D eigenvalue weighted by molar-refractivity contribution is 6.07. The summed E-state index contributed by atoms with van der Waals surface area (Å²) in [5, 5.41) is 10.9. The lowest BCUT2D eigenvalue weighted by Gasteiger charge is -2.33. The van der Waals surface area contributed by atoms with Crippen molar-refractivity contribution in [3.8, 4) is 0 Å². The van der Waals surface area contributed by atoms with Crippen molar-refractivity contribution in [2.24, 2.45) is 0 Å². The van der Waals surface area contributed by atoms with Gasteiger partial charge in [0.2, 0.25) is 11.4 Å². The van der Waals surface area contributed by atoms with Gasteiger partial charge >= 0.3 is 5.97 Å². The Labute approximate surface area is 144 Å². The van der Waals surface area contributed by atoms with Crippen LogP contribution < -0.4 is 5.32 Å². The Bertz CT molecular complexity index is 908. The first-order valence-electron chi connectivity index (χ1n) is 8.03. The topological polar surface area (TPSA) is 88.5 Å². The number of ether oxygens (including phenoxy) is 2. The number of rotatable bonds is 3. The highest BCUT2D eigenvalue weighted by Gasteiger charge is 2.59. The molecule has 0 aliphatic carbocycles. The van der Waals surface area contributed by atoms with E-state index in [4.69, 9.17) is 14.9 Å². The van der Waals surface area contributed by atoms with Crippen LogP contribution in [-0.4, -0.2) is 24.4 Å². The second-order valence-corrected chi connectivity index (χ2v) is 5.94. The molecule has 4 rings (SSSR count). The summed E-state index contributed by atoms with van der Waals surface area (Å²) in [4.78, 5) is 25.5. The smallest absolute Gasteiger partial charge is 0.340 e. The van der Waals surface area contributed by atoms with E-state index in [1.807, 2.05) is 6.07 Å².